The number of anilines is 1. The number of benzene rings is 1. The van der Waals surface area contributed by atoms with Gasteiger partial charge in [0.2, 0.25) is 5.91 Å². The van der Waals surface area contributed by atoms with E-state index in [9.17, 15) is 14.4 Å². The maximum Gasteiger partial charge on any atom is 0.330 e. The molecule has 3 rings (SSSR count). The lowest BCUT2D eigenvalue weighted by Gasteiger charge is -2.26. The van der Waals surface area contributed by atoms with Gasteiger partial charge in [0.15, 0.2) is 6.61 Å². The Bertz CT molecular complexity index is 824. The standard InChI is InChI=1S/C20H22N2O5S/c1-3-21(15-8-5-4-6-9-15)18(24)12-27-20(25)16-13-28-19(22(16)14(2)23)17-10-7-11-26-17/h4-11,16,19H,3,12-13H2,1-2H3/t16-,19-/m0/s1. The Morgan fingerprint density at radius 2 is 1.96 bits per heavy atom. The van der Waals surface area contributed by atoms with Crippen molar-refractivity contribution >= 4 is 35.2 Å². The van der Waals surface area contributed by atoms with Crippen LogP contribution in [0.4, 0.5) is 5.69 Å². The summed E-state index contributed by atoms with van der Waals surface area (Å²) in [7, 11) is 0. The number of ether oxygens (including phenoxy) is 1. The third-order valence-corrected chi connectivity index (χ3v) is 5.73. The van der Waals surface area contributed by atoms with Crippen molar-refractivity contribution in [2.24, 2.45) is 0 Å². The van der Waals surface area contributed by atoms with Crippen LogP contribution in [0.15, 0.2) is 53.1 Å². The van der Waals surface area contributed by atoms with E-state index in [0.717, 1.165) is 5.69 Å². The molecule has 2 heterocycles. The van der Waals surface area contributed by atoms with Gasteiger partial charge in [0, 0.05) is 24.9 Å². The third-order valence-electron chi connectivity index (χ3n) is 4.45. The van der Waals surface area contributed by atoms with Gasteiger partial charge in [0.1, 0.15) is 17.2 Å². The normalized spacial score (nSPS) is 18.7. The van der Waals surface area contributed by atoms with Crippen LogP contribution in [0.25, 0.3) is 0 Å². The smallest absolute Gasteiger partial charge is 0.330 e. The molecule has 1 aliphatic rings. The molecule has 0 saturated carbocycles. The molecule has 2 atom stereocenters. The summed E-state index contributed by atoms with van der Waals surface area (Å²) >= 11 is 1.43. The maximum absolute atomic E-state index is 12.6. The molecule has 8 heteroatoms. The predicted octanol–water partition coefficient (Wildman–Crippen LogP) is 2.84. The molecule has 0 N–H and O–H groups in total. The molecule has 1 aromatic heterocycles. The van der Waals surface area contributed by atoms with E-state index < -0.39 is 12.0 Å². The molecular formula is C20H22N2O5S. The number of likely N-dealkylation sites (N-methyl/N-ethyl adjacent to an activating group) is 1. The summed E-state index contributed by atoms with van der Waals surface area (Å²) in [5, 5.41) is -0.378. The molecule has 1 saturated heterocycles. The Hall–Kier alpha value is -2.74. The van der Waals surface area contributed by atoms with Gasteiger partial charge in [0.25, 0.3) is 5.91 Å². The topological polar surface area (TPSA) is 80.1 Å². The zero-order valence-corrected chi connectivity index (χ0v) is 16.6. The van der Waals surface area contributed by atoms with E-state index >= 15 is 0 Å². The molecule has 1 aromatic carbocycles. The van der Waals surface area contributed by atoms with Crippen LogP contribution >= 0.6 is 11.8 Å². The van der Waals surface area contributed by atoms with Crippen molar-refractivity contribution in [2.45, 2.75) is 25.3 Å². The minimum absolute atomic E-state index is 0.251. The highest BCUT2D eigenvalue weighted by Gasteiger charge is 2.43. The van der Waals surface area contributed by atoms with E-state index in [-0.39, 0.29) is 23.8 Å². The Kier molecular flexibility index (Phi) is 6.41. The highest BCUT2D eigenvalue weighted by atomic mass is 32.2. The predicted molar refractivity (Wildman–Crippen MR) is 106 cm³/mol. The van der Waals surface area contributed by atoms with Crippen molar-refractivity contribution in [3.63, 3.8) is 0 Å². The van der Waals surface area contributed by atoms with Crippen molar-refractivity contribution < 1.29 is 23.5 Å². The van der Waals surface area contributed by atoms with Gasteiger partial charge in [0.05, 0.1) is 6.26 Å². The molecule has 0 radical (unpaired) electrons. The zero-order valence-electron chi connectivity index (χ0n) is 15.7. The summed E-state index contributed by atoms with van der Waals surface area (Å²) in [5.41, 5.74) is 0.741. The number of thioether (sulfide) groups is 1. The van der Waals surface area contributed by atoms with Crippen LogP contribution in [0.5, 0.6) is 0 Å². The van der Waals surface area contributed by atoms with E-state index in [1.807, 2.05) is 37.3 Å². The number of para-hydroxylation sites is 1. The number of hydrogen-bond acceptors (Lipinski definition) is 6. The number of hydrogen-bond donors (Lipinski definition) is 0. The fourth-order valence-electron chi connectivity index (χ4n) is 3.14. The monoisotopic (exact) mass is 402 g/mol. The minimum Gasteiger partial charge on any atom is -0.466 e. The first-order valence-corrected chi connectivity index (χ1v) is 10.0. The summed E-state index contributed by atoms with van der Waals surface area (Å²) in [6.07, 6.45) is 1.53. The second-order valence-corrected chi connectivity index (χ2v) is 7.34. The third kappa shape index (κ3) is 4.22. The molecule has 0 bridgehead atoms. The molecule has 2 amide bonds. The zero-order chi connectivity index (χ0) is 20.1. The second kappa shape index (κ2) is 8.97. The van der Waals surface area contributed by atoms with Crippen LogP contribution in [0.1, 0.15) is 25.0 Å². The van der Waals surface area contributed by atoms with Crippen LogP contribution in [0.2, 0.25) is 0 Å². The highest BCUT2D eigenvalue weighted by Crippen LogP contribution is 2.41. The Labute approximate surface area is 167 Å². The molecular weight excluding hydrogens is 380 g/mol. The van der Waals surface area contributed by atoms with Crippen molar-refractivity contribution in [1.82, 2.24) is 4.90 Å². The van der Waals surface area contributed by atoms with Crippen molar-refractivity contribution in [3.8, 4) is 0 Å². The fraction of sp³-hybridized carbons (Fsp3) is 0.350. The van der Waals surface area contributed by atoms with E-state index in [2.05, 4.69) is 0 Å². The number of carbonyl (C=O) groups excluding carboxylic acids is 3. The maximum atomic E-state index is 12.6. The lowest BCUT2D eigenvalue weighted by Crippen LogP contribution is -2.44. The van der Waals surface area contributed by atoms with Crippen molar-refractivity contribution in [3.05, 3.63) is 54.5 Å². The van der Waals surface area contributed by atoms with Crippen molar-refractivity contribution in [1.29, 1.82) is 0 Å². The average molecular weight is 402 g/mol. The van der Waals surface area contributed by atoms with Crippen LogP contribution in [0.3, 0.4) is 0 Å². The summed E-state index contributed by atoms with van der Waals surface area (Å²) in [6.45, 7) is 3.34. The molecule has 148 valence electrons. The molecule has 28 heavy (non-hydrogen) atoms. The molecule has 1 fully saturated rings. The number of carbonyl (C=O) groups is 3. The Morgan fingerprint density at radius 1 is 1.21 bits per heavy atom. The van der Waals surface area contributed by atoms with Crippen LogP contribution in [-0.4, -0.2) is 47.6 Å². The van der Waals surface area contributed by atoms with E-state index in [1.54, 1.807) is 17.0 Å². The largest absolute Gasteiger partial charge is 0.466 e. The highest BCUT2D eigenvalue weighted by molar-refractivity contribution is 7.99. The lowest BCUT2D eigenvalue weighted by atomic mass is 10.2. The van der Waals surface area contributed by atoms with Gasteiger partial charge in [-0.25, -0.2) is 4.79 Å². The van der Waals surface area contributed by atoms with Crippen molar-refractivity contribution in [2.75, 3.05) is 23.8 Å². The summed E-state index contributed by atoms with van der Waals surface area (Å²) in [5.74, 6) is -0.167. The molecule has 0 unspecified atom stereocenters. The van der Waals surface area contributed by atoms with Gasteiger partial charge in [-0.1, -0.05) is 18.2 Å². The number of furan rings is 1. The van der Waals surface area contributed by atoms with E-state index in [4.69, 9.17) is 9.15 Å². The lowest BCUT2D eigenvalue weighted by molar-refractivity contribution is -0.155. The first-order valence-electron chi connectivity index (χ1n) is 8.99. The quantitative estimate of drug-likeness (QED) is 0.692. The van der Waals surface area contributed by atoms with Gasteiger partial charge in [-0.3, -0.25) is 9.59 Å². The SMILES string of the molecule is CCN(C(=O)COC(=O)[C@@H]1CS[C@@H](c2ccco2)N1C(C)=O)c1ccccc1. The molecule has 0 aliphatic carbocycles. The number of esters is 1. The van der Waals surface area contributed by atoms with Gasteiger partial charge in [-0.15, -0.1) is 11.8 Å². The van der Waals surface area contributed by atoms with Crippen LogP contribution in [0, 0.1) is 0 Å². The number of amides is 2. The minimum atomic E-state index is -0.753. The van der Waals surface area contributed by atoms with Crippen LogP contribution < -0.4 is 4.90 Å². The first kappa shape index (κ1) is 20.0. The summed E-state index contributed by atoms with van der Waals surface area (Å²) in [6, 6.07) is 11.9. The molecule has 2 aromatic rings. The fourth-order valence-corrected chi connectivity index (χ4v) is 4.56. The number of nitrogens with zero attached hydrogens (tertiary/aromatic N) is 2. The van der Waals surface area contributed by atoms with E-state index in [0.29, 0.717) is 18.1 Å². The Balaban J connectivity index is 1.64. The summed E-state index contributed by atoms with van der Waals surface area (Å²) in [4.78, 5) is 40.2. The van der Waals surface area contributed by atoms with Gasteiger partial charge in [-0.2, -0.15) is 0 Å². The molecule has 0 spiro atoms. The number of rotatable bonds is 6. The van der Waals surface area contributed by atoms with Gasteiger partial charge in [-0.05, 0) is 31.2 Å². The first-order chi connectivity index (χ1) is 13.5. The van der Waals surface area contributed by atoms with Gasteiger partial charge < -0.3 is 19.0 Å². The van der Waals surface area contributed by atoms with Crippen LogP contribution in [-0.2, 0) is 19.1 Å². The second-order valence-electron chi connectivity index (χ2n) is 6.22. The van der Waals surface area contributed by atoms with Gasteiger partial charge >= 0.3 is 5.97 Å². The summed E-state index contributed by atoms with van der Waals surface area (Å²) < 4.78 is 10.7. The molecule has 1 aliphatic heterocycles. The van der Waals surface area contributed by atoms with E-state index in [1.165, 1.54) is 29.8 Å². The average Bonchev–Trinajstić information content (AvgIpc) is 3.36. The molecule has 7 nitrogen and oxygen atoms in total. The Morgan fingerprint density at radius 3 is 2.57 bits per heavy atom.